The van der Waals surface area contributed by atoms with Crippen LogP contribution >= 0.6 is 0 Å². The smallest absolute Gasteiger partial charge is 0.246 e. The van der Waals surface area contributed by atoms with Crippen LogP contribution in [-0.2, 0) is 26.3 Å². The number of nitrogens with zero attached hydrogens (tertiary/aromatic N) is 1. The maximum atomic E-state index is 12.5. The normalized spacial score (nSPS) is 16.3. The molecule has 1 fully saturated rings. The Hall–Kier alpha value is -2.48. The summed E-state index contributed by atoms with van der Waals surface area (Å²) in [6, 6.07) is 18.8. The molecule has 1 heterocycles. The molecule has 1 amide bonds. The molecule has 0 spiro atoms. The van der Waals surface area contributed by atoms with Gasteiger partial charge in [0, 0.05) is 24.4 Å². The summed E-state index contributed by atoms with van der Waals surface area (Å²) in [5, 5.41) is 1.23. The summed E-state index contributed by atoms with van der Waals surface area (Å²) in [5.41, 5.74) is 4.28. The van der Waals surface area contributed by atoms with Gasteiger partial charge in [0.15, 0.2) is 0 Å². The summed E-state index contributed by atoms with van der Waals surface area (Å²) in [4.78, 5) is 17.5. The standard InChI is InChI=1S/C21H24N2O4S/c24-21(22-27-17-19-9-5-2-6-10-19)20-11-14-23(15-12-20)28(25,26)16-13-18-7-3-1-4-8-18/h1-10,13,16,20H,11-12,14-15,17H2,(H,22,24)/b16-13+. The topological polar surface area (TPSA) is 75.7 Å². The maximum Gasteiger partial charge on any atom is 0.246 e. The quantitative estimate of drug-likeness (QED) is 0.725. The first-order valence-corrected chi connectivity index (χ1v) is 10.7. The van der Waals surface area contributed by atoms with Gasteiger partial charge in [-0.3, -0.25) is 9.63 Å². The second-order valence-electron chi connectivity index (χ2n) is 6.67. The first-order chi connectivity index (χ1) is 13.5. The number of benzene rings is 2. The number of hydroxylamine groups is 1. The highest BCUT2D eigenvalue weighted by atomic mass is 32.2. The van der Waals surface area contributed by atoms with Gasteiger partial charge < -0.3 is 0 Å². The van der Waals surface area contributed by atoms with E-state index in [4.69, 9.17) is 4.84 Å². The van der Waals surface area contributed by atoms with E-state index in [-0.39, 0.29) is 11.8 Å². The first-order valence-electron chi connectivity index (χ1n) is 9.23. The monoisotopic (exact) mass is 400 g/mol. The SMILES string of the molecule is O=C(NOCc1ccccc1)C1CCN(S(=O)(=O)/C=C/c2ccccc2)CC1. The molecular weight excluding hydrogens is 376 g/mol. The Kier molecular flexibility index (Phi) is 6.97. The lowest BCUT2D eigenvalue weighted by molar-refractivity contribution is -0.140. The summed E-state index contributed by atoms with van der Waals surface area (Å²) >= 11 is 0. The molecule has 1 N–H and O–H groups in total. The Morgan fingerprint density at radius 3 is 2.29 bits per heavy atom. The zero-order valence-electron chi connectivity index (χ0n) is 15.5. The average molecular weight is 401 g/mol. The number of carbonyl (C=O) groups excluding carboxylic acids is 1. The lowest BCUT2D eigenvalue weighted by Gasteiger charge is -2.29. The number of piperidine rings is 1. The van der Waals surface area contributed by atoms with Crippen molar-refractivity contribution in [2.45, 2.75) is 19.4 Å². The fourth-order valence-corrected chi connectivity index (χ4v) is 4.26. The van der Waals surface area contributed by atoms with Gasteiger partial charge in [-0.1, -0.05) is 60.7 Å². The van der Waals surface area contributed by atoms with Crippen LogP contribution in [0, 0.1) is 5.92 Å². The maximum absolute atomic E-state index is 12.5. The van der Waals surface area contributed by atoms with Crippen molar-refractivity contribution in [1.82, 2.24) is 9.79 Å². The van der Waals surface area contributed by atoms with Crippen molar-refractivity contribution < 1.29 is 18.0 Å². The van der Waals surface area contributed by atoms with Crippen molar-refractivity contribution >= 4 is 22.0 Å². The predicted octanol–water partition coefficient (Wildman–Crippen LogP) is 2.95. The molecule has 1 saturated heterocycles. The molecule has 7 heteroatoms. The molecule has 0 saturated carbocycles. The van der Waals surface area contributed by atoms with Gasteiger partial charge in [-0.25, -0.2) is 13.9 Å². The van der Waals surface area contributed by atoms with Gasteiger partial charge in [-0.2, -0.15) is 4.31 Å². The molecule has 148 valence electrons. The highest BCUT2D eigenvalue weighted by Crippen LogP contribution is 2.21. The number of nitrogens with one attached hydrogen (secondary N) is 1. The number of rotatable bonds is 7. The predicted molar refractivity (Wildman–Crippen MR) is 108 cm³/mol. The molecule has 0 unspecified atom stereocenters. The van der Waals surface area contributed by atoms with Crippen LogP contribution in [0.3, 0.4) is 0 Å². The van der Waals surface area contributed by atoms with Crippen molar-refractivity contribution in [1.29, 1.82) is 0 Å². The summed E-state index contributed by atoms with van der Waals surface area (Å²) in [5.74, 6) is -0.451. The van der Waals surface area contributed by atoms with Crippen molar-refractivity contribution in [3.8, 4) is 0 Å². The first kappa shape index (κ1) is 20.3. The zero-order chi connectivity index (χ0) is 19.8. The van der Waals surface area contributed by atoms with Crippen LogP contribution < -0.4 is 5.48 Å². The molecule has 0 atom stereocenters. The second kappa shape index (κ2) is 9.64. The molecule has 0 aromatic heterocycles. The third-order valence-corrected chi connectivity index (χ3v) is 6.24. The Morgan fingerprint density at radius 1 is 1.04 bits per heavy atom. The van der Waals surface area contributed by atoms with E-state index < -0.39 is 10.0 Å². The molecule has 1 aliphatic heterocycles. The van der Waals surface area contributed by atoms with E-state index in [0.717, 1.165) is 11.1 Å². The largest absolute Gasteiger partial charge is 0.272 e. The van der Waals surface area contributed by atoms with E-state index in [9.17, 15) is 13.2 Å². The highest BCUT2D eigenvalue weighted by Gasteiger charge is 2.30. The number of hydrogen-bond acceptors (Lipinski definition) is 4. The Morgan fingerprint density at radius 2 is 1.64 bits per heavy atom. The Bertz CT molecular complexity index is 891. The molecular formula is C21H24N2O4S. The van der Waals surface area contributed by atoms with Crippen LogP contribution in [0.15, 0.2) is 66.1 Å². The van der Waals surface area contributed by atoms with Crippen LogP contribution in [0.1, 0.15) is 24.0 Å². The van der Waals surface area contributed by atoms with Crippen molar-refractivity contribution in [3.05, 3.63) is 77.2 Å². The lowest BCUT2D eigenvalue weighted by Crippen LogP contribution is -2.42. The van der Waals surface area contributed by atoms with E-state index in [2.05, 4.69) is 5.48 Å². The second-order valence-corrected chi connectivity index (χ2v) is 8.49. The number of sulfonamides is 1. The van der Waals surface area contributed by atoms with Crippen molar-refractivity contribution in [3.63, 3.8) is 0 Å². The third kappa shape index (κ3) is 5.76. The van der Waals surface area contributed by atoms with E-state index in [1.807, 2.05) is 60.7 Å². The Labute approximate surface area is 165 Å². The van der Waals surface area contributed by atoms with Crippen LogP contribution in [0.25, 0.3) is 6.08 Å². The fourth-order valence-electron chi connectivity index (χ4n) is 3.04. The average Bonchev–Trinajstić information content (AvgIpc) is 2.74. The minimum Gasteiger partial charge on any atom is -0.272 e. The summed E-state index contributed by atoms with van der Waals surface area (Å²) < 4.78 is 26.4. The molecule has 0 bridgehead atoms. The fraction of sp³-hybridized carbons (Fsp3) is 0.286. The van der Waals surface area contributed by atoms with Crippen molar-refractivity contribution in [2.75, 3.05) is 13.1 Å². The van der Waals surface area contributed by atoms with Crippen LogP contribution in [-0.4, -0.2) is 31.7 Å². The van der Waals surface area contributed by atoms with Gasteiger partial charge in [0.05, 0.1) is 6.61 Å². The lowest BCUT2D eigenvalue weighted by atomic mass is 9.98. The molecule has 2 aromatic carbocycles. The van der Waals surface area contributed by atoms with Gasteiger partial charge in [-0.15, -0.1) is 0 Å². The summed E-state index contributed by atoms with van der Waals surface area (Å²) in [6.07, 6.45) is 2.53. The van der Waals surface area contributed by atoms with E-state index in [1.54, 1.807) is 6.08 Å². The number of amides is 1. The zero-order valence-corrected chi connectivity index (χ0v) is 16.3. The van der Waals surface area contributed by atoms with E-state index in [0.29, 0.717) is 32.5 Å². The summed E-state index contributed by atoms with van der Waals surface area (Å²) in [6.45, 7) is 0.931. The summed E-state index contributed by atoms with van der Waals surface area (Å²) in [7, 11) is -3.49. The van der Waals surface area contributed by atoms with Crippen LogP contribution in [0.5, 0.6) is 0 Å². The molecule has 28 heavy (non-hydrogen) atoms. The van der Waals surface area contributed by atoms with Gasteiger partial charge in [0.1, 0.15) is 0 Å². The third-order valence-electron chi connectivity index (χ3n) is 4.67. The molecule has 1 aliphatic rings. The van der Waals surface area contributed by atoms with Crippen LogP contribution in [0.2, 0.25) is 0 Å². The minimum atomic E-state index is -3.49. The molecule has 3 rings (SSSR count). The molecule has 0 radical (unpaired) electrons. The number of carbonyl (C=O) groups is 1. The van der Waals surface area contributed by atoms with Gasteiger partial charge in [0.2, 0.25) is 15.9 Å². The van der Waals surface area contributed by atoms with Gasteiger partial charge >= 0.3 is 0 Å². The Balaban J connectivity index is 1.45. The number of hydrogen-bond donors (Lipinski definition) is 1. The molecule has 6 nitrogen and oxygen atoms in total. The van der Waals surface area contributed by atoms with E-state index in [1.165, 1.54) is 9.71 Å². The van der Waals surface area contributed by atoms with Crippen LogP contribution in [0.4, 0.5) is 0 Å². The van der Waals surface area contributed by atoms with Gasteiger partial charge in [-0.05, 0) is 30.0 Å². The van der Waals surface area contributed by atoms with E-state index >= 15 is 0 Å². The van der Waals surface area contributed by atoms with Gasteiger partial charge in [0.25, 0.3) is 0 Å². The molecule has 0 aliphatic carbocycles. The van der Waals surface area contributed by atoms with Crippen molar-refractivity contribution in [2.24, 2.45) is 5.92 Å². The minimum absolute atomic E-state index is 0.201. The highest BCUT2D eigenvalue weighted by molar-refractivity contribution is 7.92. The molecule has 2 aromatic rings.